The number of alkyl halides is 8. The number of hydrogen-bond donors (Lipinski definition) is 0. The van der Waals surface area contributed by atoms with Crippen LogP contribution in [0.1, 0.15) is 0 Å². The lowest BCUT2D eigenvalue weighted by Gasteiger charge is -2.34. The minimum absolute atomic E-state index is 0.0210. The van der Waals surface area contributed by atoms with Gasteiger partial charge < -0.3 is 4.74 Å². The highest BCUT2D eigenvalue weighted by Gasteiger charge is 2.84. The molecule has 0 bridgehead atoms. The van der Waals surface area contributed by atoms with Crippen molar-refractivity contribution in [3.05, 3.63) is 54.1 Å². The van der Waals surface area contributed by atoms with Crippen molar-refractivity contribution in [1.29, 1.82) is 0 Å². The first-order valence-electron chi connectivity index (χ1n) is 7.71. The second-order valence-corrected chi connectivity index (χ2v) is 9.59. The third-order valence-electron chi connectivity index (χ3n) is 3.61. The number of para-hydroxylation sites is 1. The van der Waals surface area contributed by atoms with Crippen LogP contribution in [0.25, 0.3) is 0 Å². The predicted octanol–water partition coefficient (Wildman–Crippen LogP) is 6.87. The van der Waals surface area contributed by atoms with Gasteiger partial charge in [0.15, 0.2) is 0 Å². The molecule has 3 nitrogen and oxygen atoms in total. The van der Waals surface area contributed by atoms with E-state index in [4.69, 9.17) is 4.74 Å². The van der Waals surface area contributed by atoms with E-state index in [1.807, 2.05) is 0 Å². The van der Waals surface area contributed by atoms with Gasteiger partial charge >= 0.3 is 31.4 Å². The Morgan fingerprint density at radius 1 is 0.781 bits per heavy atom. The Bertz CT molecular complexity index is 1070. The molecule has 0 radical (unpaired) electrons. The van der Waals surface area contributed by atoms with Crippen molar-refractivity contribution < 1.29 is 57.1 Å². The lowest BCUT2D eigenvalue weighted by Crippen LogP contribution is -2.62. The van der Waals surface area contributed by atoms with Gasteiger partial charge in [0.1, 0.15) is 23.1 Å². The summed E-state index contributed by atoms with van der Waals surface area (Å²) in [5, 5.41) is -13.2. The SMILES string of the molecule is O=S(=O)(Cl)C(F)(F)C(F)(F)C(F)(F)C(F)(F)Sc1c(F)cc(Oc2ccccc2)cc1F. The van der Waals surface area contributed by atoms with Crippen LogP contribution in [0.2, 0.25) is 0 Å². The normalized spacial score (nSPS) is 13.8. The minimum Gasteiger partial charge on any atom is -0.457 e. The van der Waals surface area contributed by atoms with Crippen molar-refractivity contribution in [1.82, 2.24) is 0 Å². The van der Waals surface area contributed by atoms with Gasteiger partial charge in [-0.2, -0.15) is 35.1 Å². The maximum atomic E-state index is 14.1. The zero-order valence-electron chi connectivity index (χ0n) is 14.7. The smallest absolute Gasteiger partial charge is 0.427 e. The third kappa shape index (κ3) is 4.59. The molecule has 0 aromatic heterocycles. The molecule has 2 rings (SSSR count). The molecular weight excluding hydrogens is 530 g/mol. The van der Waals surface area contributed by atoms with Gasteiger partial charge in [0.05, 0.1) is 4.90 Å². The summed E-state index contributed by atoms with van der Waals surface area (Å²) in [6.07, 6.45) is 0. The minimum atomic E-state index is -7.28. The summed E-state index contributed by atoms with van der Waals surface area (Å²) in [7, 11) is -2.84. The van der Waals surface area contributed by atoms with E-state index >= 15 is 0 Å². The molecule has 0 amide bonds. The van der Waals surface area contributed by atoms with Crippen LogP contribution in [0, 0.1) is 11.6 Å². The van der Waals surface area contributed by atoms with Gasteiger partial charge in [-0.25, -0.2) is 17.2 Å². The molecule has 0 fully saturated rings. The summed E-state index contributed by atoms with van der Waals surface area (Å²) < 4.78 is 163. The van der Waals surface area contributed by atoms with Crippen molar-refractivity contribution in [3.63, 3.8) is 0 Å². The predicted molar refractivity (Wildman–Crippen MR) is 93.3 cm³/mol. The molecule has 0 atom stereocenters. The van der Waals surface area contributed by atoms with Crippen molar-refractivity contribution in [3.8, 4) is 11.5 Å². The lowest BCUT2D eigenvalue weighted by atomic mass is 10.2. The van der Waals surface area contributed by atoms with Gasteiger partial charge in [0, 0.05) is 22.8 Å². The molecule has 0 N–H and O–H groups in total. The molecule has 0 unspecified atom stereocenters. The van der Waals surface area contributed by atoms with Crippen LogP contribution < -0.4 is 4.74 Å². The maximum Gasteiger partial charge on any atom is 0.427 e. The van der Waals surface area contributed by atoms with Gasteiger partial charge in [-0.05, 0) is 23.9 Å². The highest BCUT2D eigenvalue weighted by molar-refractivity contribution is 8.14. The number of thioether (sulfide) groups is 1. The van der Waals surface area contributed by atoms with Crippen LogP contribution in [0.15, 0.2) is 47.4 Å². The molecule has 0 saturated carbocycles. The van der Waals surface area contributed by atoms with E-state index in [2.05, 4.69) is 10.7 Å². The van der Waals surface area contributed by atoms with E-state index in [0.29, 0.717) is 0 Å². The third-order valence-corrected chi connectivity index (χ3v) is 6.17. The van der Waals surface area contributed by atoms with Crippen molar-refractivity contribution >= 4 is 31.5 Å². The first-order chi connectivity index (χ1) is 14.3. The fourth-order valence-electron chi connectivity index (χ4n) is 2.03. The van der Waals surface area contributed by atoms with Crippen molar-refractivity contribution in [2.45, 2.75) is 27.2 Å². The van der Waals surface area contributed by atoms with E-state index in [0.717, 1.165) is 0 Å². The number of halogens is 11. The molecule has 0 aliphatic carbocycles. The van der Waals surface area contributed by atoms with Crippen LogP contribution in [-0.4, -0.2) is 30.8 Å². The van der Waals surface area contributed by atoms with Crippen LogP contribution in [0.4, 0.5) is 43.9 Å². The number of benzene rings is 2. The maximum absolute atomic E-state index is 14.1. The summed E-state index contributed by atoms with van der Waals surface area (Å²) in [4.78, 5) is -1.96. The fraction of sp³-hybridized carbons (Fsp3) is 0.250. The highest BCUT2D eigenvalue weighted by atomic mass is 35.7. The Hall–Kier alpha value is -1.87. The Morgan fingerprint density at radius 3 is 1.69 bits per heavy atom. The van der Waals surface area contributed by atoms with Gasteiger partial charge in [-0.1, -0.05) is 18.2 Å². The topological polar surface area (TPSA) is 43.4 Å². The Morgan fingerprint density at radius 2 is 1.25 bits per heavy atom. The fourth-order valence-corrected chi connectivity index (χ4v) is 3.58. The van der Waals surface area contributed by atoms with Gasteiger partial charge in [0.25, 0.3) is 0 Å². The van der Waals surface area contributed by atoms with E-state index in [1.54, 1.807) is 6.07 Å². The summed E-state index contributed by atoms with van der Waals surface area (Å²) in [6.45, 7) is 0. The second kappa shape index (κ2) is 8.48. The average molecular weight is 537 g/mol. The zero-order chi connectivity index (χ0) is 24.8. The van der Waals surface area contributed by atoms with E-state index in [1.165, 1.54) is 24.3 Å². The first-order valence-corrected chi connectivity index (χ1v) is 10.8. The van der Waals surface area contributed by atoms with Crippen molar-refractivity contribution in [2.75, 3.05) is 0 Å². The molecule has 0 saturated heterocycles. The van der Waals surface area contributed by atoms with E-state index in [-0.39, 0.29) is 17.9 Å². The highest BCUT2D eigenvalue weighted by Crippen LogP contribution is 2.59. The van der Waals surface area contributed by atoms with Crippen molar-refractivity contribution in [2.24, 2.45) is 0 Å². The molecule has 0 heterocycles. The molecule has 0 spiro atoms. The molecule has 178 valence electrons. The largest absolute Gasteiger partial charge is 0.457 e. The van der Waals surface area contributed by atoms with Crippen LogP contribution >= 0.6 is 22.4 Å². The van der Waals surface area contributed by atoms with Crippen LogP contribution in [0.3, 0.4) is 0 Å². The summed E-state index contributed by atoms with van der Waals surface area (Å²) in [6, 6.07) is 7.56. The van der Waals surface area contributed by atoms with Gasteiger partial charge in [0.2, 0.25) is 0 Å². The molecule has 2 aromatic rings. The average Bonchev–Trinajstić information content (AvgIpc) is 2.64. The number of rotatable bonds is 8. The van der Waals surface area contributed by atoms with Crippen LogP contribution in [-0.2, 0) is 9.05 Å². The van der Waals surface area contributed by atoms with Gasteiger partial charge in [-0.15, -0.1) is 0 Å². The summed E-state index contributed by atoms with van der Waals surface area (Å²) in [5.74, 6) is -19.0. The summed E-state index contributed by atoms with van der Waals surface area (Å²) in [5.41, 5.74) is 0. The molecule has 0 aliphatic rings. The Kier molecular flexibility index (Phi) is 6.99. The van der Waals surface area contributed by atoms with Gasteiger partial charge in [-0.3, -0.25) is 0 Å². The number of ether oxygens (including phenoxy) is 1. The zero-order valence-corrected chi connectivity index (χ0v) is 17.1. The second-order valence-electron chi connectivity index (χ2n) is 5.85. The van der Waals surface area contributed by atoms with E-state index < -0.39 is 65.4 Å². The molecule has 0 aliphatic heterocycles. The molecule has 32 heavy (non-hydrogen) atoms. The molecule has 16 heteroatoms. The van der Waals surface area contributed by atoms with Crippen LogP contribution in [0.5, 0.6) is 11.5 Å². The Labute approximate surface area is 181 Å². The monoisotopic (exact) mass is 536 g/mol. The Balaban J connectivity index is 2.42. The quantitative estimate of drug-likeness (QED) is 0.210. The number of hydrogen-bond acceptors (Lipinski definition) is 4. The van der Waals surface area contributed by atoms with E-state index in [9.17, 15) is 52.3 Å². The molecular formula is C16H7ClF10O3S2. The summed E-state index contributed by atoms with van der Waals surface area (Å²) >= 11 is -1.87. The first kappa shape index (κ1) is 26.4. The lowest BCUT2D eigenvalue weighted by molar-refractivity contribution is -0.323. The molecule has 2 aromatic carbocycles. The standard InChI is InChI=1S/C16H7ClF10O3S2/c17-32(28,29)16(26,27)14(22,23)13(20,21)15(24,25)31-12-10(18)6-9(7-11(12)19)30-8-4-2-1-3-5-8/h1-7H.